The second kappa shape index (κ2) is 7.49. The Balaban J connectivity index is 1.59. The van der Waals surface area contributed by atoms with Gasteiger partial charge >= 0.3 is 0 Å². The molecule has 0 saturated heterocycles. The van der Waals surface area contributed by atoms with Crippen molar-refractivity contribution in [1.82, 2.24) is 0 Å². The maximum atomic E-state index is 12.7. The summed E-state index contributed by atoms with van der Waals surface area (Å²) in [4.78, 5) is 25.3. The van der Waals surface area contributed by atoms with Gasteiger partial charge in [0.1, 0.15) is 12.2 Å². The van der Waals surface area contributed by atoms with Crippen LogP contribution in [0.3, 0.4) is 0 Å². The number of carbonyl (C=O) groups excluding carboxylic acids is 2. The molecule has 4 aliphatic rings. The smallest absolute Gasteiger partial charge is 0.190 e. The predicted octanol–water partition coefficient (Wildman–Crippen LogP) is 2.76. The van der Waals surface area contributed by atoms with Gasteiger partial charge in [0.05, 0.1) is 6.10 Å². The average Bonchev–Trinajstić information content (AvgIpc) is 3.05. The molecule has 5 rings (SSSR count). The van der Waals surface area contributed by atoms with E-state index in [-0.39, 0.29) is 29.5 Å². The molecule has 33 heavy (non-hydrogen) atoms. The van der Waals surface area contributed by atoms with Crippen LogP contribution in [0.15, 0.2) is 35.9 Å². The summed E-state index contributed by atoms with van der Waals surface area (Å²) in [5, 5.41) is 32.6. The van der Waals surface area contributed by atoms with E-state index in [9.17, 15) is 24.9 Å². The topological polar surface area (TPSA) is 121 Å². The third-order valence-electron chi connectivity index (χ3n) is 10.1. The molecule has 1 aromatic rings. The van der Waals surface area contributed by atoms with E-state index in [1.165, 1.54) is 0 Å². The minimum Gasteiger partial charge on any atom is -0.399 e. The highest BCUT2D eigenvalue weighted by Gasteiger charge is 2.69. The van der Waals surface area contributed by atoms with E-state index in [2.05, 4.69) is 6.92 Å². The maximum absolute atomic E-state index is 12.7. The number of Topliss-reactive ketones (excluding diaryl/α,β-unsaturated/α-hetero) is 1. The maximum Gasteiger partial charge on any atom is 0.190 e. The first-order valence-electron chi connectivity index (χ1n) is 12.2. The van der Waals surface area contributed by atoms with Gasteiger partial charge in [-0.15, -0.1) is 0 Å². The molecule has 3 saturated carbocycles. The first kappa shape index (κ1) is 22.8. The summed E-state index contributed by atoms with van der Waals surface area (Å²) in [5.41, 5.74) is 6.01. The SMILES string of the molecule is C[C@]12C[C@H](O)[C@H]3[C@@H](CCC4=CC(=O)CC(c5ccc(N)cc5)[C@@]43C)[C@@H]1CC[C@]2(O)C(=O)CO. The van der Waals surface area contributed by atoms with Crippen LogP contribution in [-0.2, 0) is 9.59 Å². The zero-order valence-electron chi connectivity index (χ0n) is 19.5. The van der Waals surface area contributed by atoms with Gasteiger partial charge in [0.15, 0.2) is 11.6 Å². The van der Waals surface area contributed by atoms with Crippen molar-refractivity contribution in [3.8, 4) is 0 Å². The fraction of sp³-hybridized carbons (Fsp3) is 0.630. The number of hydrogen-bond acceptors (Lipinski definition) is 6. The summed E-state index contributed by atoms with van der Waals surface area (Å²) in [5.74, 6) is -0.333. The molecule has 0 spiro atoms. The monoisotopic (exact) mass is 453 g/mol. The van der Waals surface area contributed by atoms with E-state index < -0.39 is 34.9 Å². The minimum absolute atomic E-state index is 0.0585. The van der Waals surface area contributed by atoms with E-state index in [4.69, 9.17) is 5.73 Å². The van der Waals surface area contributed by atoms with Crippen LogP contribution in [0.25, 0.3) is 0 Å². The number of hydrogen-bond donors (Lipinski definition) is 4. The molecule has 0 heterocycles. The van der Waals surface area contributed by atoms with Crippen molar-refractivity contribution in [1.29, 1.82) is 0 Å². The zero-order chi connectivity index (χ0) is 23.8. The number of nitrogen functional groups attached to an aromatic ring is 1. The quantitative estimate of drug-likeness (QED) is 0.522. The normalized spacial score (nSPS) is 44.5. The Morgan fingerprint density at radius 1 is 1.18 bits per heavy atom. The number of carbonyl (C=O) groups is 2. The molecule has 3 fully saturated rings. The van der Waals surface area contributed by atoms with Crippen molar-refractivity contribution in [2.75, 3.05) is 12.3 Å². The zero-order valence-corrected chi connectivity index (χ0v) is 19.5. The van der Waals surface area contributed by atoms with E-state index in [0.29, 0.717) is 31.4 Å². The third-order valence-corrected chi connectivity index (χ3v) is 10.1. The second-order valence-corrected chi connectivity index (χ2v) is 11.3. The second-order valence-electron chi connectivity index (χ2n) is 11.3. The van der Waals surface area contributed by atoms with Crippen molar-refractivity contribution >= 4 is 17.3 Å². The van der Waals surface area contributed by atoms with Crippen LogP contribution in [0.1, 0.15) is 63.9 Å². The molecular formula is C27H35NO5. The third kappa shape index (κ3) is 2.96. The Kier molecular flexibility index (Phi) is 5.16. The van der Waals surface area contributed by atoms with Crippen LogP contribution in [0.5, 0.6) is 0 Å². The van der Waals surface area contributed by atoms with Crippen LogP contribution >= 0.6 is 0 Å². The van der Waals surface area contributed by atoms with Gasteiger partial charge in [-0.1, -0.05) is 31.6 Å². The van der Waals surface area contributed by atoms with E-state index >= 15 is 0 Å². The number of benzene rings is 1. The lowest BCUT2D eigenvalue weighted by Crippen LogP contribution is -2.62. The van der Waals surface area contributed by atoms with Gasteiger partial charge in [-0.2, -0.15) is 0 Å². The van der Waals surface area contributed by atoms with E-state index in [1.807, 2.05) is 37.3 Å². The van der Waals surface area contributed by atoms with Gasteiger partial charge in [-0.05, 0) is 73.6 Å². The lowest BCUT2D eigenvalue weighted by atomic mass is 9.43. The minimum atomic E-state index is -1.60. The fourth-order valence-corrected chi connectivity index (χ4v) is 8.54. The van der Waals surface area contributed by atoms with Gasteiger partial charge in [-0.25, -0.2) is 0 Å². The molecule has 6 heteroatoms. The summed E-state index contributed by atoms with van der Waals surface area (Å²) >= 11 is 0. The number of rotatable bonds is 3. The van der Waals surface area contributed by atoms with Crippen LogP contribution < -0.4 is 5.73 Å². The lowest BCUT2D eigenvalue weighted by molar-refractivity contribution is -0.183. The Bertz CT molecular complexity index is 1020. The summed E-state index contributed by atoms with van der Waals surface area (Å²) in [7, 11) is 0. The molecule has 1 aromatic carbocycles. The van der Waals surface area contributed by atoms with Crippen molar-refractivity contribution in [3.05, 3.63) is 41.5 Å². The Morgan fingerprint density at radius 2 is 1.88 bits per heavy atom. The number of anilines is 1. The molecule has 0 aromatic heterocycles. The predicted molar refractivity (Wildman–Crippen MR) is 124 cm³/mol. The van der Waals surface area contributed by atoms with Gasteiger partial charge in [0, 0.05) is 28.9 Å². The van der Waals surface area contributed by atoms with Crippen molar-refractivity contribution in [2.24, 2.45) is 28.6 Å². The van der Waals surface area contributed by atoms with Crippen LogP contribution in [0.2, 0.25) is 0 Å². The first-order valence-corrected chi connectivity index (χ1v) is 12.2. The van der Waals surface area contributed by atoms with Crippen LogP contribution in [0.4, 0.5) is 5.69 Å². The van der Waals surface area contributed by atoms with Gasteiger partial charge in [0.2, 0.25) is 0 Å². The molecule has 0 amide bonds. The number of ketones is 2. The number of allylic oxidation sites excluding steroid dienone is 1. The van der Waals surface area contributed by atoms with Gasteiger partial charge in [0.25, 0.3) is 0 Å². The standard InChI is InChI=1S/C27H35NO5/c1-25-13-22(31)24-19(20(25)9-10-27(25,33)23(32)14-29)8-5-16-11-18(30)12-21(26(16,24)2)15-3-6-17(28)7-4-15/h3-4,6-7,11,19-22,24,29,31,33H,5,8-10,12-14,28H2,1-2H3/t19-,20-,21?,22-,24+,25-,26+,27-/m0/s1. The number of aliphatic hydroxyl groups excluding tert-OH is 2. The molecular weight excluding hydrogens is 418 g/mol. The van der Waals surface area contributed by atoms with Crippen molar-refractivity contribution in [2.45, 2.75) is 70.0 Å². The number of nitrogens with two attached hydrogens (primary N) is 1. The highest BCUT2D eigenvalue weighted by Crippen LogP contribution is 2.69. The van der Waals surface area contributed by atoms with Crippen LogP contribution in [0, 0.1) is 28.6 Å². The molecule has 6 nitrogen and oxygen atoms in total. The Hall–Kier alpha value is -2.02. The molecule has 178 valence electrons. The molecule has 1 unspecified atom stereocenters. The van der Waals surface area contributed by atoms with Crippen molar-refractivity contribution < 1.29 is 24.9 Å². The summed E-state index contributed by atoms with van der Waals surface area (Å²) in [6.07, 6.45) is 4.43. The highest BCUT2D eigenvalue weighted by atomic mass is 16.3. The van der Waals surface area contributed by atoms with Gasteiger partial charge in [-0.3, -0.25) is 9.59 Å². The largest absolute Gasteiger partial charge is 0.399 e. The van der Waals surface area contributed by atoms with E-state index in [1.54, 1.807) is 0 Å². The molecule has 4 aliphatic carbocycles. The van der Waals surface area contributed by atoms with E-state index in [0.717, 1.165) is 24.0 Å². The van der Waals surface area contributed by atoms with Gasteiger partial charge < -0.3 is 21.1 Å². The molecule has 0 aliphatic heterocycles. The Morgan fingerprint density at radius 3 is 2.55 bits per heavy atom. The summed E-state index contributed by atoms with van der Waals surface area (Å²) < 4.78 is 0. The number of fused-ring (bicyclic) bond motifs is 5. The summed E-state index contributed by atoms with van der Waals surface area (Å²) in [6.45, 7) is 3.44. The molecule has 0 radical (unpaired) electrons. The molecule has 0 bridgehead atoms. The van der Waals surface area contributed by atoms with Crippen LogP contribution in [-0.4, -0.2) is 45.2 Å². The summed E-state index contributed by atoms with van der Waals surface area (Å²) in [6, 6.07) is 7.73. The van der Waals surface area contributed by atoms with Crippen molar-refractivity contribution in [3.63, 3.8) is 0 Å². The molecule has 5 N–H and O–H groups in total. The average molecular weight is 454 g/mol. The highest BCUT2D eigenvalue weighted by molar-refractivity contribution is 5.93. The first-order chi connectivity index (χ1) is 15.6. The molecule has 8 atom stereocenters. The number of aliphatic hydroxyl groups is 3. The lowest BCUT2D eigenvalue weighted by Gasteiger charge is -2.62. The Labute approximate surface area is 194 Å². The fourth-order valence-electron chi connectivity index (χ4n) is 8.54.